The van der Waals surface area contributed by atoms with Crippen LogP contribution in [0.15, 0.2) is 217 Å². The van der Waals surface area contributed by atoms with Crippen LogP contribution in [0.3, 0.4) is 0 Å². The molecule has 0 bridgehead atoms. The second kappa shape index (κ2) is 14.5. The first kappa shape index (κ1) is 34.3. The van der Waals surface area contributed by atoms with Crippen molar-refractivity contribution in [3.8, 4) is 78.7 Å². The number of hydrogen-bond acceptors (Lipinski definition) is 4. The monoisotopic (exact) mass is 753 g/mol. The summed E-state index contributed by atoms with van der Waals surface area (Å²) < 4.78 is 6.81. The molecule has 0 saturated heterocycles. The first-order valence-electron chi connectivity index (χ1n) is 19.9. The van der Waals surface area contributed by atoms with Crippen LogP contribution in [0.1, 0.15) is 0 Å². The first-order chi connectivity index (χ1) is 29.2. The van der Waals surface area contributed by atoms with Crippen LogP contribution in [0, 0.1) is 0 Å². The summed E-state index contributed by atoms with van der Waals surface area (Å²) in [5.41, 5.74) is 13.4. The highest BCUT2D eigenvalue weighted by atomic mass is 16.3. The molecule has 0 fully saturated rings. The van der Waals surface area contributed by atoms with E-state index in [1.807, 2.05) is 24.3 Å². The van der Waals surface area contributed by atoms with Crippen molar-refractivity contribution in [3.05, 3.63) is 212 Å². The summed E-state index contributed by atoms with van der Waals surface area (Å²) in [4.78, 5) is 15.7. The van der Waals surface area contributed by atoms with E-state index in [9.17, 15) is 0 Å². The zero-order chi connectivity index (χ0) is 39.1. The van der Waals surface area contributed by atoms with Crippen LogP contribution in [0.2, 0.25) is 0 Å². The van der Waals surface area contributed by atoms with Crippen molar-refractivity contribution in [2.24, 2.45) is 0 Å². The molecule has 0 N–H and O–H groups in total. The molecule has 4 heteroatoms. The highest BCUT2D eigenvalue weighted by Gasteiger charge is 2.21. The lowest BCUT2D eigenvalue weighted by Gasteiger charge is -2.12. The average Bonchev–Trinajstić information content (AvgIpc) is 3.71. The Labute approximate surface area is 341 Å². The van der Waals surface area contributed by atoms with Gasteiger partial charge in [-0.3, -0.25) is 0 Å². The lowest BCUT2D eigenvalue weighted by molar-refractivity contribution is 0.670. The van der Waals surface area contributed by atoms with Crippen molar-refractivity contribution < 1.29 is 4.42 Å². The molecule has 276 valence electrons. The number of nitrogens with zero attached hydrogens (tertiary/aromatic N) is 3. The summed E-state index contributed by atoms with van der Waals surface area (Å²) in [6.07, 6.45) is 0. The number of aromatic nitrogens is 3. The van der Waals surface area contributed by atoms with Gasteiger partial charge in [0.1, 0.15) is 11.2 Å². The number of para-hydroxylation sites is 1. The maximum absolute atomic E-state index is 6.81. The molecule has 0 aliphatic carbocycles. The van der Waals surface area contributed by atoms with E-state index in [2.05, 4.69) is 188 Å². The minimum atomic E-state index is 0.581. The van der Waals surface area contributed by atoms with Gasteiger partial charge >= 0.3 is 0 Å². The third-order valence-corrected chi connectivity index (χ3v) is 11.2. The fourth-order valence-electron chi connectivity index (χ4n) is 8.31. The molecule has 2 heterocycles. The molecule has 11 aromatic rings. The van der Waals surface area contributed by atoms with Gasteiger partial charge in [-0.25, -0.2) is 15.0 Å². The van der Waals surface area contributed by atoms with Gasteiger partial charge in [0.25, 0.3) is 0 Å². The van der Waals surface area contributed by atoms with E-state index in [4.69, 9.17) is 19.4 Å². The van der Waals surface area contributed by atoms with Crippen molar-refractivity contribution in [2.45, 2.75) is 0 Å². The van der Waals surface area contributed by atoms with E-state index in [0.29, 0.717) is 17.5 Å². The highest BCUT2D eigenvalue weighted by molar-refractivity contribution is 6.15. The molecule has 9 aromatic carbocycles. The predicted molar refractivity (Wildman–Crippen MR) is 243 cm³/mol. The van der Waals surface area contributed by atoms with E-state index < -0.39 is 0 Å². The van der Waals surface area contributed by atoms with Crippen LogP contribution in [-0.4, -0.2) is 15.0 Å². The lowest BCUT2D eigenvalue weighted by Crippen LogP contribution is -2.00. The summed E-state index contributed by atoms with van der Waals surface area (Å²) in [6.45, 7) is 0. The fourth-order valence-corrected chi connectivity index (χ4v) is 8.31. The van der Waals surface area contributed by atoms with Gasteiger partial charge in [-0.15, -0.1) is 0 Å². The van der Waals surface area contributed by atoms with Gasteiger partial charge in [0.15, 0.2) is 17.5 Å². The zero-order valence-corrected chi connectivity index (χ0v) is 32.0. The largest absolute Gasteiger partial charge is 0.455 e. The van der Waals surface area contributed by atoms with Crippen molar-refractivity contribution >= 4 is 32.7 Å². The lowest BCUT2D eigenvalue weighted by atomic mass is 9.93. The summed E-state index contributed by atoms with van der Waals surface area (Å²) >= 11 is 0. The maximum atomic E-state index is 6.81. The molecule has 0 spiro atoms. The van der Waals surface area contributed by atoms with E-state index in [1.54, 1.807) is 0 Å². The SMILES string of the molecule is c1ccc(-c2ccc(-c3nc(-c4ccc5cccc(-c6ccccc6)c5c4)nc(-c4cccc5oc6c(-c7ccccc7-c7ccccc7)cccc6c45)n3)cc2)cc1. The Balaban J connectivity index is 1.11. The summed E-state index contributed by atoms with van der Waals surface area (Å²) in [6, 6.07) is 73.9. The average molecular weight is 754 g/mol. The van der Waals surface area contributed by atoms with Gasteiger partial charge in [-0.2, -0.15) is 0 Å². The van der Waals surface area contributed by atoms with Crippen molar-refractivity contribution in [3.63, 3.8) is 0 Å². The number of rotatable bonds is 7. The molecule has 0 aliphatic rings. The van der Waals surface area contributed by atoms with Gasteiger partial charge in [-0.1, -0.05) is 200 Å². The molecule has 0 amide bonds. The Kier molecular flexibility index (Phi) is 8.45. The van der Waals surface area contributed by atoms with Crippen LogP contribution in [0.4, 0.5) is 0 Å². The van der Waals surface area contributed by atoms with Crippen molar-refractivity contribution in [2.75, 3.05) is 0 Å². The minimum Gasteiger partial charge on any atom is -0.455 e. The zero-order valence-electron chi connectivity index (χ0n) is 32.0. The molecule has 11 rings (SSSR count). The van der Waals surface area contributed by atoms with E-state index in [0.717, 1.165) is 93.9 Å². The van der Waals surface area contributed by atoms with Gasteiger partial charge in [0.05, 0.1) is 0 Å². The number of hydrogen-bond donors (Lipinski definition) is 0. The quantitative estimate of drug-likeness (QED) is 0.163. The molecule has 0 unspecified atom stereocenters. The first-order valence-corrected chi connectivity index (χ1v) is 19.9. The Morgan fingerprint density at radius 1 is 0.288 bits per heavy atom. The van der Waals surface area contributed by atoms with Gasteiger partial charge in [-0.05, 0) is 61.8 Å². The third kappa shape index (κ3) is 6.24. The summed E-state index contributed by atoms with van der Waals surface area (Å²) in [5.74, 6) is 1.78. The van der Waals surface area contributed by atoms with E-state index in [1.165, 1.54) is 0 Å². The highest BCUT2D eigenvalue weighted by Crippen LogP contribution is 2.43. The van der Waals surface area contributed by atoms with Crippen molar-refractivity contribution in [1.29, 1.82) is 0 Å². The number of benzene rings is 9. The minimum absolute atomic E-state index is 0.581. The topological polar surface area (TPSA) is 51.8 Å². The second-order valence-corrected chi connectivity index (χ2v) is 14.7. The van der Waals surface area contributed by atoms with Crippen LogP contribution >= 0.6 is 0 Å². The molecular weight excluding hydrogens is 719 g/mol. The molecule has 0 saturated carbocycles. The fraction of sp³-hybridized carbons (Fsp3) is 0. The van der Waals surface area contributed by atoms with Crippen LogP contribution in [0.5, 0.6) is 0 Å². The molecule has 0 aliphatic heterocycles. The Morgan fingerprint density at radius 3 is 1.54 bits per heavy atom. The molecule has 0 atom stereocenters. The predicted octanol–water partition coefficient (Wildman–Crippen LogP) is 14.6. The second-order valence-electron chi connectivity index (χ2n) is 14.7. The van der Waals surface area contributed by atoms with Crippen molar-refractivity contribution in [1.82, 2.24) is 15.0 Å². The maximum Gasteiger partial charge on any atom is 0.164 e. The Morgan fingerprint density at radius 2 is 0.797 bits per heavy atom. The van der Waals surface area contributed by atoms with Gasteiger partial charge in [0.2, 0.25) is 0 Å². The van der Waals surface area contributed by atoms with E-state index >= 15 is 0 Å². The van der Waals surface area contributed by atoms with Crippen LogP contribution < -0.4 is 0 Å². The van der Waals surface area contributed by atoms with E-state index in [-0.39, 0.29) is 0 Å². The Hall–Kier alpha value is -7.95. The normalized spacial score (nSPS) is 11.4. The molecule has 4 nitrogen and oxygen atoms in total. The van der Waals surface area contributed by atoms with Crippen LogP contribution in [-0.2, 0) is 0 Å². The molecular formula is C55H35N3O. The molecule has 59 heavy (non-hydrogen) atoms. The third-order valence-electron chi connectivity index (χ3n) is 11.2. The standard InChI is InChI=1S/C55H35N3O/c1-4-15-36(16-5-1)37-29-32-41(33-30-37)53-56-54(42-34-31-40-21-12-24-44(49(40)35-42)39-19-8-3-9-20-39)58-55(57-53)48-27-14-28-50-51(48)47-26-13-25-46(52(47)59-50)45-23-11-10-22-43(45)38-17-6-2-7-18-38/h1-35H. The summed E-state index contributed by atoms with van der Waals surface area (Å²) in [5, 5.41) is 4.26. The summed E-state index contributed by atoms with van der Waals surface area (Å²) in [7, 11) is 0. The van der Waals surface area contributed by atoms with Crippen LogP contribution in [0.25, 0.3) is 111 Å². The number of fused-ring (bicyclic) bond motifs is 4. The number of furan rings is 1. The smallest absolute Gasteiger partial charge is 0.164 e. The van der Waals surface area contributed by atoms with Gasteiger partial charge < -0.3 is 4.42 Å². The van der Waals surface area contributed by atoms with Gasteiger partial charge in [0, 0.05) is 33.0 Å². The Bertz CT molecular complexity index is 3300. The molecule has 2 aromatic heterocycles. The molecule has 0 radical (unpaired) electrons.